The molecular weight excluding hydrogens is 287 g/mol. The summed E-state index contributed by atoms with van der Waals surface area (Å²) in [5.41, 5.74) is -0.300. The molecule has 0 radical (unpaired) electrons. The Hall–Kier alpha value is -2.02. The summed E-state index contributed by atoms with van der Waals surface area (Å²) in [6.45, 7) is 1.23. The molecule has 0 unspecified atom stereocenters. The second kappa shape index (κ2) is 7.12. The maximum atomic E-state index is 12.5. The number of amides is 1. The minimum absolute atomic E-state index is 0.470. The van der Waals surface area contributed by atoms with Crippen molar-refractivity contribution in [2.24, 2.45) is 0 Å². The van der Waals surface area contributed by atoms with Crippen LogP contribution in [0.3, 0.4) is 0 Å². The van der Waals surface area contributed by atoms with Crippen LogP contribution in [0.2, 0.25) is 0 Å². The van der Waals surface area contributed by atoms with Crippen LogP contribution in [0, 0.1) is 0 Å². The van der Waals surface area contributed by atoms with Crippen LogP contribution in [-0.2, 0) is 6.18 Å². The number of benzene rings is 1. The van der Waals surface area contributed by atoms with Gasteiger partial charge in [0.15, 0.2) is 0 Å². The number of hydrogen-bond acceptors (Lipinski definition) is 2. The van der Waals surface area contributed by atoms with Gasteiger partial charge in [-0.3, -0.25) is 0 Å². The van der Waals surface area contributed by atoms with Crippen molar-refractivity contribution in [1.29, 1.82) is 0 Å². The third-order valence-corrected chi connectivity index (χ3v) is 2.96. The van der Waals surface area contributed by atoms with Crippen LogP contribution in [0.25, 0.3) is 0 Å². The van der Waals surface area contributed by atoms with E-state index in [4.69, 9.17) is 5.11 Å². The van der Waals surface area contributed by atoms with Gasteiger partial charge in [-0.05, 0) is 24.6 Å². The quantitative estimate of drug-likeness (QED) is 0.732. The van der Waals surface area contributed by atoms with Gasteiger partial charge in [0.1, 0.15) is 0 Å². The van der Waals surface area contributed by atoms with Crippen LogP contribution in [-0.4, -0.2) is 29.0 Å². The first kappa shape index (κ1) is 17.0. The van der Waals surface area contributed by atoms with Gasteiger partial charge in [0.2, 0.25) is 0 Å². The third-order valence-electron chi connectivity index (χ3n) is 2.96. The normalized spacial score (nSPS) is 14.9. The van der Waals surface area contributed by atoms with E-state index in [1.807, 2.05) is 0 Å². The number of carbonyl (C=O) groups is 1. The Kier molecular flexibility index (Phi) is 5.78. The summed E-state index contributed by atoms with van der Waals surface area (Å²) in [7, 11) is 0. The molecule has 116 valence electrons. The summed E-state index contributed by atoms with van der Waals surface area (Å²) >= 11 is 0. The fourth-order valence-corrected chi connectivity index (χ4v) is 1.99. The van der Waals surface area contributed by atoms with E-state index in [0.717, 1.165) is 12.1 Å². The van der Waals surface area contributed by atoms with Crippen molar-refractivity contribution in [3.8, 4) is 0 Å². The lowest BCUT2D eigenvalue weighted by Crippen LogP contribution is -2.40. The smallest absolute Gasteiger partial charge is 0.416 e. The van der Waals surface area contributed by atoms with E-state index in [-0.39, 0.29) is 0 Å². The zero-order valence-corrected chi connectivity index (χ0v) is 11.3. The van der Waals surface area contributed by atoms with Crippen LogP contribution < -0.4 is 5.32 Å². The molecule has 3 N–H and O–H groups in total. The van der Waals surface area contributed by atoms with Crippen molar-refractivity contribution in [2.45, 2.75) is 25.1 Å². The van der Waals surface area contributed by atoms with Crippen molar-refractivity contribution >= 4 is 6.09 Å². The number of nitrogens with one attached hydrogen (secondary N) is 1. The monoisotopic (exact) mass is 303 g/mol. The second-order valence-electron chi connectivity index (χ2n) is 4.41. The number of rotatable bonds is 5. The van der Waals surface area contributed by atoms with Crippen molar-refractivity contribution in [1.82, 2.24) is 5.32 Å². The molecule has 0 aliphatic heterocycles. The van der Waals surface area contributed by atoms with Gasteiger partial charge in [-0.2, -0.15) is 13.2 Å². The number of halogens is 3. The Balaban J connectivity index is 3.07. The van der Waals surface area contributed by atoms with Crippen molar-refractivity contribution < 1.29 is 28.2 Å². The molecule has 2 atom stereocenters. The van der Waals surface area contributed by atoms with Gasteiger partial charge in [-0.15, -0.1) is 0 Å². The first-order valence-electron chi connectivity index (χ1n) is 6.20. The molecule has 4 nitrogen and oxygen atoms in total. The van der Waals surface area contributed by atoms with Gasteiger partial charge >= 0.3 is 12.3 Å². The van der Waals surface area contributed by atoms with Gasteiger partial charge in [0.25, 0.3) is 0 Å². The standard InChI is InChI=1S/C14H16F3NO3/c1-2-3-11(12(8-19)18-13(20)21)9-4-6-10(7-5-9)14(15,16)17/h2-7,11-12,18-19H,8H2,1H3,(H,20,21)/t11-,12+/m0/s1. The fraction of sp³-hybridized carbons (Fsp3) is 0.357. The Morgan fingerprint density at radius 2 is 1.90 bits per heavy atom. The lowest BCUT2D eigenvalue weighted by molar-refractivity contribution is -0.137. The van der Waals surface area contributed by atoms with Gasteiger partial charge in [0, 0.05) is 5.92 Å². The number of aliphatic hydroxyl groups excluding tert-OH is 1. The van der Waals surface area contributed by atoms with E-state index in [1.165, 1.54) is 12.1 Å². The Bertz CT molecular complexity index is 497. The summed E-state index contributed by atoms with van der Waals surface area (Å²) in [6.07, 6.45) is -2.46. The summed E-state index contributed by atoms with van der Waals surface area (Å²) in [6, 6.07) is 3.58. The van der Waals surface area contributed by atoms with E-state index in [2.05, 4.69) is 5.32 Å². The summed E-state index contributed by atoms with van der Waals surface area (Å²) in [4.78, 5) is 10.7. The van der Waals surface area contributed by atoms with Crippen molar-refractivity contribution in [3.63, 3.8) is 0 Å². The highest BCUT2D eigenvalue weighted by molar-refractivity contribution is 5.65. The van der Waals surface area contributed by atoms with Gasteiger partial charge in [-0.25, -0.2) is 4.79 Å². The molecule has 0 bridgehead atoms. The van der Waals surface area contributed by atoms with Crippen molar-refractivity contribution in [2.75, 3.05) is 6.61 Å². The molecule has 0 heterocycles. The molecule has 0 saturated heterocycles. The number of allylic oxidation sites excluding steroid dienone is 1. The van der Waals surface area contributed by atoms with Crippen LogP contribution >= 0.6 is 0 Å². The van der Waals surface area contributed by atoms with Crippen LogP contribution in [0.5, 0.6) is 0 Å². The molecule has 0 aromatic heterocycles. The molecular formula is C14H16F3NO3. The first-order chi connectivity index (χ1) is 9.79. The maximum Gasteiger partial charge on any atom is 0.416 e. The number of alkyl halides is 3. The topological polar surface area (TPSA) is 69.6 Å². The Morgan fingerprint density at radius 3 is 2.29 bits per heavy atom. The lowest BCUT2D eigenvalue weighted by atomic mass is 9.90. The van der Waals surface area contributed by atoms with E-state index >= 15 is 0 Å². The third kappa shape index (κ3) is 4.78. The second-order valence-corrected chi connectivity index (χ2v) is 4.41. The molecule has 7 heteroatoms. The van der Waals surface area contributed by atoms with E-state index in [9.17, 15) is 23.1 Å². The van der Waals surface area contributed by atoms with E-state index in [0.29, 0.717) is 5.56 Å². The van der Waals surface area contributed by atoms with E-state index in [1.54, 1.807) is 19.1 Å². The highest BCUT2D eigenvalue weighted by atomic mass is 19.4. The average molecular weight is 303 g/mol. The molecule has 0 aliphatic rings. The molecule has 1 rings (SSSR count). The number of carboxylic acid groups (broad SMARTS) is 1. The molecule has 1 aromatic rings. The lowest BCUT2D eigenvalue weighted by Gasteiger charge is -2.23. The SMILES string of the molecule is CC=C[C@@H](c1ccc(C(F)(F)F)cc1)[C@@H](CO)NC(=O)O. The fourth-order valence-electron chi connectivity index (χ4n) is 1.99. The summed E-state index contributed by atoms with van der Waals surface area (Å²) < 4.78 is 37.6. The minimum atomic E-state index is -4.43. The zero-order chi connectivity index (χ0) is 16.0. The van der Waals surface area contributed by atoms with Crippen LogP contribution in [0.15, 0.2) is 36.4 Å². The maximum absolute atomic E-state index is 12.5. The summed E-state index contributed by atoms with van der Waals surface area (Å²) in [5.74, 6) is -0.557. The minimum Gasteiger partial charge on any atom is -0.465 e. The zero-order valence-electron chi connectivity index (χ0n) is 11.3. The average Bonchev–Trinajstić information content (AvgIpc) is 2.41. The predicted octanol–water partition coefficient (Wildman–Crippen LogP) is 2.99. The van der Waals surface area contributed by atoms with Gasteiger partial charge < -0.3 is 15.5 Å². The Morgan fingerprint density at radius 1 is 1.33 bits per heavy atom. The van der Waals surface area contributed by atoms with Crippen molar-refractivity contribution in [3.05, 3.63) is 47.5 Å². The molecule has 0 spiro atoms. The largest absolute Gasteiger partial charge is 0.465 e. The molecule has 1 aromatic carbocycles. The first-order valence-corrected chi connectivity index (χ1v) is 6.20. The molecule has 0 aliphatic carbocycles. The van der Waals surface area contributed by atoms with Crippen LogP contribution in [0.4, 0.5) is 18.0 Å². The number of hydrogen-bond donors (Lipinski definition) is 3. The predicted molar refractivity (Wildman–Crippen MR) is 71.0 cm³/mol. The van der Waals surface area contributed by atoms with E-state index < -0.39 is 36.4 Å². The molecule has 0 fully saturated rings. The van der Waals surface area contributed by atoms with Gasteiger partial charge in [-0.1, -0.05) is 24.3 Å². The molecule has 1 amide bonds. The number of aliphatic hydroxyl groups is 1. The molecule has 21 heavy (non-hydrogen) atoms. The van der Waals surface area contributed by atoms with Crippen LogP contribution in [0.1, 0.15) is 24.0 Å². The highest BCUT2D eigenvalue weighted by Gasteiger charge is 2.30. The molecule has 0 saturated carbocycles. The van der Waals surface area contributed by atoms with Gasteiger partial charge in [0.05, 0.1) is 18.2 Å². The Labute approximate surface area is 119 Å². The highest BCUT2D eigenvalue weighted by Crippen LogP contribution is 2.31. The summed E-state index contributed by atoms with van der Waals surface area (Å²) in [5, 5.41) is 20.2.